The average molecular weight is 283 g/mol. The monoisotopic (exact) mass is 283 g/mol. The second kappa shape index (κ2) is 5.48. The molecule has 4 amide bonds. The highest BCUT2D eigenvalue weighted by Gasteiger charge is 2.38. The van der Waals surface area contributed by atoms with Gasteiger partial charge in [0.2, 0.25) is 5.91 Å². The van der Waals surface area contributed by atoms with Crippen molar-refractivity contribution in [3.05, 3.63) is 0 Å². The number of carboxylic acids is 1. The van der Waals surface area contributed by atoms with Crippen LogP contribution in [-0.2, 0) is 14.4 Å². The van der Waals surface area contributed by atoms with Crippen LogP contribution in [0.3, 0.4) is 0 Å². The minimum absolute atomic E-state index is 0.0597. The molecule has 3 N–H and O–H groups in total. The van der Waals surface area contributed by atoms with Crippen LogP contribution < -0.4 is 10.6 Å². The van der Waals surface area contributed by atoms with E-state index in [0.717, 1.165) is 11.3 Å². The molecule has 8 heteroatoms. The number of hydrogen-bond acceptors (Lipinski definition) is 4. The summed E-state index contributed by atoms with van der Waals surface area (Å²) < 4.78 is 0. The number of carboxylic acid groups (broad SMARTS) is 1. The molecule has 0 bridgehead atoms. The fraction of sp³-hybridized carbons (Fsp3) is 0.667. The van der Waals surface area contributed by atoms with Gasteiger partial charge in [0.15, 0.2) is 0 Å². The summed E-state index contributed by atoms with van der Waals surface area (Å²) in [6.07, 6.45) is 1.81. The summed E-state index contributed by atoms with van der Waals surface area (Å²) >= 11 is 0. The lowest BCUT2D eigenvalue weighted by Crippen LogP contribution is -2.50. The van der Waals surface area contributed by atoms with Gasteiger partial charge < -0.3 is 15.7 Å². The lowest BCUT2D eigenvalue weighted by Gasteiger charge is -2.19. The fourth-order valence-corrected chi connectivity index (χ4v) is 2.66. The van der Waals surface area contributed by atoms with E-state index < -0.39 is 35.9 Å². The Morgan fingerprint density at radius 3 is 2.50 bits per heavy atom. The van der Waals surface area contributed by atoms with E-state index in [4.69, 9.17) is 5.11 Å². The Kier molecular flexibility index (Phi) is 3.91. The van der Waals surface area contributed by atoms with Crippen molar-refractivity contribution in [2.75, 3.05) is 7.05 Å². The number of carbonyl (C=O) groups excluding carboxylic acids is 3. The molecule has 1 aliphatic carbocycles. The van der Waals surface area contributed by atoms with Crippen LogP contribution in [0.2, 0.25) is 0 Å². The topological polar surface area (TPSA) is 116 Å². The molecule has 1 saturated heterocycles. The van der Waals surface area contributed by atoms with E-state index in [1.165, 1.54) is 7.05 Å². The zero-order valence-electron chi connectivity index (χ0n) is 11.1. The second-order valence-corrected chi connectivity index (χ2v) is 5.15. The van der Waals surface area contributed by atoms with Crippen molar-refractivity contribution < 1.29 is 24.3 Å². The highest BCUT2D eigenvalue weighted by Crippen LogP contribution is 2.25. The standard InChI is InChI=1S/C12H17N3O5/c1-15-9(16)5-8(10(15)17)14-12(20)13-7-4-2-3-6(7)11(18)19/h6-8H,2-5H2,1H3,(H,18,19)(H2,13,14,20). The lowest BCUT2D eigenvalue weighted by atomic mass is 10.0. The fourth-order valence-electron chi connectivity index (χ4n) is 2.66. The molecular formula is C12H17N3O5. The number of urea groups is 1. The third-order valence-corrected chi connectivity index (χ3v) is 3.84. The Hall–Kier alpha value is -2.12. The van der Waals surface area contributed by atoms with Crippen LogP contribution in [0.15, 0.2) is 0 Å². The Balaban J connectivity index is 1.89. The van der Waals surface area contributed by atoms with Crippen molar-refractivity contribution in [3.8, 4) is 0 Å². The van der Waals surface area contributed by atoms with Crippen molar-refractivity contribution in [1.82, 2.24) is 15.5 Å². The molecule has 2 fully saturated rings. The van der Waals surface area contributed by atoms with Crippen LogP contribution in [0.4, 0.5) is 4.79 Å². The van der Waals surface area contributed by atoms with E-state index >= 15 is 0 Å². The van der Waals surface area contributed by atoms with Crippen LogP contribution >= 0.6 is 0 Å². The maximum Gasteiger partial charge on any atom is 0.315 e. The van der Waals surface area contributed by atoms with Crippen LogP contribution in [-0.4, -0.2) is 53.0 Å². The first-order valence-electron chi connectivity index (χ1n) is 6.50. The van der Waals surface area contributed by atoms with Gasteiger partial charge in [0, 0.05) is 13.1 Å². The number of carbonyl (C=O) groups is 4. The maximum absolute atomic E-state index is 11.8. The van der Waals surface area contributed by atoms with Gasteiger partial charge in [-0.1, -0.05) is 6.42 Å². The normalized spacial score (nSPS) is 29.6. The summed E-state index contributed by atoms with van der Waals surface area (Å²) in [5.74, 6) is -2.32. The number of amides is 4. The molecule has 8 nitrogen and oxygen atoms in total. The molecule has 3 atom stereocenters. The molecule has 2 aliphatic rings. The number of hydrogen-bond donors (Lipinski definition) is 3. The molecule has 0 radical (unpaired) electrons. The molecule has 0 aromatic carbocycles. The molecule has 1 heterocycles. The van der Waals surface area contributed by atoms with Gasteiger partial charge in [-0.25, -0.2) is 4.79 Å². The third kappa shape index (κ3) is 2.73. The Morgan fingerprint density at radius 2 is 1.95 bits per heavy atom. The van der Waals surface area contributed by atoms with E-state index in [0.29, 0.717) is 12.8 Å². The van der Waals surface area contributed by atoms with Crippen LogP contribution in [0.5, 0.6) is 0 Å². The molecule has 1 saturated carbocycles. The minimum atomic E-state index is -0.931. The number of aliphatic carboxylic acids is 1. The Bertz CT molecular complexity index is 464. The lowest BCUT2D eigenvalue weighted by molar-refractivity contribution is -0.142. The van der Waals surface area contributed by atoms with E-state index in [1.54, 1.807) is 0 Å². The predicted octanol–water partition coefficient (Wildman–Crippen LogP) is -0.704. The first-order chi connectivity index (χ1) is 9.40. The number of likely N-dealkylation sites (tertiary alicyclic amines) is 1. The molecule has 1 aliphatic heterocycles. The van der Waals surface area contributed by atoms with Gasteiger partial charge in [-0.3, -0.25) is 19.3 Å². The van der Waals surface area contributed by atoms with Gasteiger partial charge in [0.05, 0.1) is 12.3 Å². The molecule has 110 valence electrons. The number of nitrogens with zero attached hydrogens (tertiary/aromatic N) is 1. The average Bonchev–Trinajstić information content (AvgIpc) is 2.91. The van der Waals surface area contributed by atoms with Gasteiger partial charge in [0.1, 0.15) is 6.04 Å². The SMILES string of the molecule is CN1C(=O)CC(NC(=O)NC2CCCC2C(=O)O)C1=O. The summed E-state index contributed by atoms with van der Waals surface area (Å²) in [5.41, 5.74) is 0. The summed E-state index contributed by atoms with van der Waals surface area (Å²) in [7, 11) is 1.36. The molecule has 2 rings (SSSR count). The number of imide groups is 1. The van der Waals surface area contributed by atoms with Crippen LogP contribution in [0.25, 0.3) is 0 Å². The summed E-state index contributed by atoms with van der Waals surface area (Å²) in [4.78, 5) is 46.7. The first-order valence-corrected chi connectivity index (χ1v) is 6.50. The first kappa shape index (κ1) is 14.3. The molecule has 0 aromatic heterocycles. The Labute approximate surface area is 115 Å². The van der Waals surface area contributed by atoms with Gasteiger partial charge in [-0.15, -0.1) is 0 Å². The predicted molar refractivity (Wildman–Crippen MR) is 66.6 cm³/mol. The van der Waals surface area contributed by atoms with Gasteiger partial charge >= 0.3 is 12.0 Å². The van der Waals surface area contributed by atoms with E-state index in [-0.39, 0.29) is 12.3 Å². The molecule has 0 spiro atoms. The van der Waals surface area contributed by atoms with E-state index in [2.05, 4.69) is 10.6 Å². The van der Waals surface area contributed by atoms with Crippen molar-refractivity contribution >= 4 is 23.8 Å². The Morgan fingerprint density at radius 1 is 1.25 bits per heavy atom. The minimum Gasteiger partial charge on any atom is -0.481 e. The molecular weight excluding hydrogens is 266 g/mol. The van der Waals surface area contributed by atoms with Crippen molar-refractivity contribution in [2.24, 2.45) is 5.92 Å². The number of rotatable bonds is 3. The van der Waals surface area contributed by atoms with Gasteiger partial charge in [0.25, 0.3) is 5.91 Å². The van der Waals surface area contributed by atoms with E-state index in [9.17, 15) is 19.2 Å². The van der Waals surface area contributed by atoms with Crippen LogP contribution in [0, 0.1) is 5.92 Å². The van der Waals surface area contributed by atoms with Crippen molar-refractivity contribution in [3.63, 3.8) is 0 Å². The summed E-state index contributed by atoms with van der Waals surface area (Å²) in [6, 6.07) is -1.90. The van der Waals surface area contributed by atoms with Gasteiger partial charge in [-0.2, -0.15) is 0 Å². The maximum atomic E-state index is 11.8. The quantitative estimate of drug-likeness (QED) is 0.592. The van der Waals surface area contributed by atoms with E-state index in [1.807, 2.05) is 0 Å². The highest BCUT2D eigenvalue weighted by atomic mass is 16.4. The zero-order valence-corrected chi connectivity index (χ0v) is 11.1. The van der Waals surface area contributed by atoms with Crippen molar-refractivity contribution in [1.29, 1.82) is 0 Å². The summed E-state index contributed by atoms with van der Waals surface area (Å²) in [6.45, 7) is 0. The molecule has 3 unspecified atom stereocenters. The largest absolute Gasteiger partial charge is 0.481 e. The smallest absolute Gasteiger partial charge is 0.315 e. The van der Waals surface area contributed by atoms with Gasteiger partial charge in [-0.05, 0) is 12.8 Å². The number of nitrogens with one attached hydrogen (secondary N) is 2. The zero-order chi connectivity index (χ0) is 14.9. The van der Waals surface area contributed by atoms with Crippen LogP contribution in [0.1, 0.15) is 25.7 Å². The molecule has 20 heavy (non-hydrogen) atoms. The highest BCUT2D eigenvalue weighted by molar-refractivity contribution is 6.06. The summed E-state index contributed by atoms with van der Waals surface area (Å²) in [5, 5.41) is 14.0. The van der Waals surface area contributed by atoms with Crippen molar-refractivity contribution in [2.45, 2.75) is 37.8 Å². The third-order valence-electron chi connectivity index (χ3n) is 3.84. The number of likely N-dealkylation sites (N-methyl/N-ethyl adjacent to an activating group) is 1. The molecule has 0 aromatic rings. The second-order valence-electron chi connectivity index (χ2n) is 5.15.